The number of halogens is 2. The summed E-state index contributed by atoms with van der Waals surface area (Å²) in [6.45, 7) is -0.911. The highest BCUT2D eigenvalue weighted by Gasteiger charge is 2.12. The first kappa shape index (κ1) is 17.4. The molecule has 0 bridgehead atoms. The molecule has 7 heteroatoms. The zero-order valence-corrected chi connectivity index (χ0v) is 13.9. The minimum Gasteiger partial charge on any atom is -0.490 e. The minimum atomic E-state index is -2.94. The summed E-state index contributed by atoms with van der Waals surface area (Å²) in [7, 11) is 0. The number of hydrogen-bond acceptors (Lipinski definition) is 4. The number of hydrogen-bond donors (Lipinski definition) is 1. The van der Waals surface area contributed by atoms with Crippen molar-refractivity contribution in [3.8, 4) is 17.6 Å². The summed E-state index contributed by atoms with van der Waals surface area (Å²) >= 11 is 0. The van der Waals surface area contributed by atoms with Gasteiger partial charge in [0.25, 0.3) is 0 Å². The van der Waals surface area contributed by atoms with E-state index < -0.39 is 6.61 Å². The number of aromatic amines is 1. The van der Waals surface area contributed by atoms with Crippen molar-refractivity contribution in [3.05, 3.63) is 53.9 Å². The molecular weight excluding hydrogens is 340 g/mol. The molecule has 0 atom stereocenters. The Morgan fingerprint density at radius 3 is 2.77 bits per heavy atom. The van der Waals surface area contributed by atoms with E-state index in [0.29, 0.717) is 23.6 Å². The van der Waals surface area contributed by atoms with Crippen LogP contribution >= 0.6 is 0 Å². The molecule has 1 N–H and O–H groups in total. The van der Waals surface area contributed by atoms with Crippen LogP contribution in [0.5, 0.6) is 11.5 Å². The molecule has 1 heterocycles. The van der Waals surface area contributed by atoms with Crippen LogP contribution in [0.1, 0.15) is 18.3 Å². The van der Waals surface area contributed by atoms with Gasteiger partial charge < -0.3 is 14.5 Å². The fourth-order valence-corrected chi connectivity index (χ4v) is 2.48. The Labute approximate surface area is 148 Å². The molecule has 132 valence electrons. The molecule has 0 spiro atoms. The van der Waals surface area contributed by atoms with Crippen LogP contribution in [-0.4, -0.2) is 23.2 Å². The van der Waals surface area contributed by atoms with Crippen LogP contribution in [0.2, 0.25) is 0 Å². The summed E-state index contributed by atoms with van der Waals surface area (Å²) in [4.78, 5) is 7.48. The van der Waals surface area contributed by atoms with Crippen molar-refractivity contribution in [1.29, 1.82) is 5.26 Å². The van der Waals surface area contributed by atoms with Gasteiger partial charge in [-0.25, -0.2) is 4.98 Å². The van der Waals surface area contributed by atoms with Gasteiger partial charge in [0.1, 0.15) is 11.9 Å². The summed E-state index contributed by atoms with van der Waals surface area (Å²) in [5.74, 6) is 0.559. The van der Waals surface area contributed by atoms with E-state index in [4.69, 9.17) is 4.74 Å². The van der Waals surface area contributed by atoms with Crippen LogP contribution in [0.3, 0.4) is 0 Å². The first-order valence-electron chi connectivity index (χ1n) is 7.89. The lowest BCUT2D eigenvalue weighted by Gasteiger charge is -2.11. The van der Waals surface area contributed by atoms with Crippen LogP contribution in [0, 0.1) is 11.3 Å². The topological polar surface area (TPSA) is 70.9 Å². The Morgan fingerprint density at radius 1 is 1.27 bits per heavy atom. The number of ether oxygens (including phenoxy) is 2. The second-order valence-electron chi connectivity index (χ2n) is 5.29. The predicted octanol–water partition coefficient (Wildman–Crippen LogP) is 4.63. The number of nitriles is 1. The van der Waals surface area contributed by atoms with Crippen molar-refractivity contribution in [1.82, 2.24) is 9.97 Å². The number of alkyl halides is 2. The van der Waals surface area contributed by atoms with E-state index in [1.54, 1.807) is 25.1 Å². The van der Waals surface area contributed by atoms with Gasteiger partial charge in [0.05, 0.1) is 23.2 Å². The molecule has 0 aliphatic carbocycles. The van der Waals surface area contributed by atoms with Gasteiger partial charge in [-0.2, -0.15) is 14.0 Å². The molecule has 2 aromatic carbocycles. The SMILES string of the molecule is CCOc1cc(/C=C(/C#N)c2nc3ccccc3[nH]2)ccc1OC(F)F. The fraction of sp³-hybridized carbons (Fsp3) is 0.158. The number of imidazole rings is 1. The molecule has 3 rings (SSSR count). The highest BCUT2D eigenvalue weighted by atomic mass is 19.3. The van der Waals surface area contributed by atoms with E-state index in [1.807, 2.05) is 24.3 Å². The molecule has 1 aromatic heterocycles. The molecular formula is C19H15F2N3O2. The van der Waals surface area contributed by atoms with Crippen molar-refractivity contribution >= 4 is 22.7 Å². The second kappa shape index (κ2) is 7.66. The number of fused-ring (bicyclic) bond motifs is 1. The van der Waals surface area contributed by atoms with Gasteiger partial charge >= 0.3 is 6.61 Å². The highest BCUT2D eigenvalue weighted by molar-refractivity contribution is 5.90. The standard InChI is InChI=1S/C19H15F2N3O2/c1-2-25-17-10-12(7-8-16(17)26-19(20)21)9-13(11-22)18-23-14-5-3-4-6-15(14)24-18/h3-10,19H,2H2,1H3,(H,23,24)/b13-9-. The number of H-pyrrole nitrogens is 1. The number of aromatic nitrogens is 2. The van der Waals surface area contributed by atoms with Crippen LogP contribution in [0.25, 0.3) is 22.7 Å². The maximum atomic E-state index is 12.5. The van der Waals surface area contributed by atoms with Gasteiger partial charge in [-0.05, 0) is 42.8 Å². The quantitative estimate of drug-likeness (QED) is 0.655. The zero-order valence-electron chi connectivity index (χ0n) is 13.9. The average Bonchev–Trinajstić information content (AvgIpc) is 3.05. The van der Waals surface area contributed by atoms with E-state index >= 15 is 0 Å². The van der Waals surface area contributed by atoms with Crippen LogP contribution in [-0.2, 0) is 0 Å². The lowest BCUT2D eigenvalue weighted by molar-refractivity contribution is -0.0514. The fourth-order valence-electron chi connectivity index (χ4n) is 2.48. The Balaban J connectivity index is 1.98. The predicted molar refractivity (Wildman–Crippen MR) is 93.8 cm³/mol. The molecule has 0 fully saturated rings. The summed E-state index contributed by atoms with van der Waals surface area (Å²) < 4.78 is 34.8. The molecule has 0 unspecified atom stereocenters. The second-order valence-corrected chi connectivity index (χ2v) is 5.29. The third-order valence-electron chi connectivity index (χ3n) is 3.56. The van der Waals surface area contributed by atoms with Gasteiger partial charge in [0.15, 0.2) is 11.5 Å². The molecule has 5 nitrogen and oxygen atoms in total. The summed E-state index contributed by atoms with van der Waals surface area (Å²) in [5, 5.41) is 9.48. The molecule has 0 saturated heterocycles. The first-order valence-corrected chi connectivity index (χ1v) is 7.89. The molecule has 0 radical (unpaired) electrons. The van der Waals surface area contributed by atoms with E-state index in [2.05, 4.69) is 20.8 Å². The summed E-state index contributed by atoms with van der Waals surface area (Å²) in [5.41, 5.74) is 2.48. The number of allylic oxidation sites excluding steroid dienone is 1. The van der Waals surface area contributed by atoms with Crippen molar-refractivity contribution in [3.63, 3.8) is 0 Å². The van der Waals surface area contributed by atoms with Gasteiger partial charge in [-0.3, -0.25) is 0 Å². The van der Waals surface area contributed by atoms with Crippen LogP contribution in [0.15, 0.2) is 42.5 Å². The lowest BCUT2D eigenvalue weighted by atomic mass is 10.1. The smallest absolute Gasteiger partial charge is 0.387 e. The van der Waals surface area contributed by atoms with E-state index in [1.165, 1.54) is 6.07 Å². The number of benzene rings is 2. The Morgan fingerprint density at radius 2 is 2.08 bits per heavy atom. The number of nitrogens with zero attached hydrogens (tertiary/aromatic N) is 2. The average molecular weight is 355 g/mol. The Bertz CT molecular complexity index is 957. The maximum absolute atomic E-state index is 12.5. The van der Waals surface area contributed by atoms with Crippen molar-refractivity contribution in [2.24, 2.45) is 0 Å². The van der Waals surface area contributed by atoms with E-state index in [0.717, 1.165) is 11.0 Å². The molecule has 0 aliphatic heterocycles. The Hall–Kier alpha value is -3.40. The number of para-hydroxylation sites is 2. The van der Waals surface area contributed by atoms with E-state index in [9.17, 15) is 14.0 Å². The molecule has 3 aromatic rings. The largest absolute Gasteiger partial charge is 0.490 e. The minimum absolute atomic E-state index is 0.0544. The van der Waals surface area contributed by atoms with E-state index in [-0.39, 0.29) is 11.5 Å². The van der Waals surface area contributed by atoms with Gasteiger partial charge in [0, 0.05) is 0 Å². The van der Waals surface area contributed by atoms with Crippen molar-refractivity contribution in [2.75, 3.05) is 6.61 Å². The molecule has 0 saturated carbocycles. The number of rotatable bonds is 6. The van der Waals surface area contributed by atoms with Gasteiger partial charge in [-0.1, -0.05) is 18.2 Å². The zero-order chi connectivity index (χ0) is 18.5. The first-order chi connectivity index (χ1) is 12.6. The normalized spacial score (nSPS) is 11.6. The third kappa shape index (κ3) is 3.81. The van der Waals surface area contributed by atoms with Crippen LogP contribution < -0.4 is 9.47 Å². The molecule has 26 heavy (non-hydrogen) atoms. The van der Waals surface area contributed by atoms with Crippen molar-refractivity contribution in [2.45, 2.75) is 13.5 Å². The summed E-state index contributed by atoms with van der Waals surface area (Å²) in [6.07, 6.45) is 1.60. The highest BCUT2D eigenvalue weighted by Crippen LogP contribution is 2.31. The molecule has 0 amide bonds. The van der Waals surface area contributed by atoms with Gasteiger partial charge in [-0.15, -0.1) is 0 Å². The number of nitrogens with one attached hydrogen (secondary N) is 1. The maximum Gasteiger partial charge on any atom is 0.387 e. The summed E-state index contributed by atoms with van der Waals surface area (Å²) in [6, 6.07) is 14.0. The molecule has 0 aliphatic rings. The van der Waals surface area contributed by atoms with Crippen molar-refractivity contribution < 1.29 is 18.3 Å². The van der Waals surface area contributed by atoms with Gasteiger partial charge in [0.2, 0.25) is 0 Å². The Kier molecular flexibility index (Phi) is 5.13. The van der Waals surface area contributed by atoms with Crippen LogP contribution in [0.4, 0.5) is 8.78 Å². The third-order valence-corrected chi connectivity index (χ3v) is 3.56. The lowest BCUT2D eigenvalue weighted by Crippen LogP contribution is -2.04. The monoisotopic (exact) mass is 355 g/mol.